The van der Waals surface area contributed by atoms with Crippen LogP contribution in [-0.4, -0.2) is 51.2 Å². The first-order valence-electron chi connectivity index (χ1n) is 10.9. The Bertz CT molecular complexity index is 1440. The van der Waals surface area contributed by atoms with E-state index in [4.69, 9.17) is 9.84 Å². The van der Waals surface area contributed by atoms with Crippen molar-refractivity contribution < 1.29 is 9.84 Å². The van der Waals surface area contributed by atoms with Crippen molar-refractivity contribution >= 4 is 33.6 Å². The first kappa shape index (κ1) is 19.5. The maximum Gasteiger partial charge on any atom is 0.189 e. The minimum absolute atomic E-state index is 0.134. The number of aromatic hydroxyl groups is 1. The number of nitrogens with one attached hydrogen (secondary N) is 1. The largest absolute Gasteiger partial charge is 0.507 e. The number of rotatable bonds is 4. The molecule has 0 unspecified atom stereocenters. The van der Waals surface area contributed by atoms with Gasteiger partial charge >= 0.3 is 0 Å². The standard InChI is InChI=1S/C25H22N6O2/c32-22-8-4-3-7-21(22)25-28-27-24-20-6-2-1-5-19(20)23(29-31(24)25)26-17-9-11-18(12-10-17)30-13-15-33-16-14-30/h1-12,32H,13-16H2,(H,26,29). The zero-order chi connectivity index (χ0) is 22.2. The van der Waals surface area contributed by atoms with Crippen LogP contribution in [0.2, 0.25) is 0 Å². The lowest BCUT2D eigenvalue weighted by atomic mass is 10.1. The third-order valence-electron chi connectivity index (χ3n) is 5.92. The van der Waals surface area contributed by atoms with Crippen LogP contribution in [0.15, 0.2) is 72.8 Å². The molecule has 0 saturated carbocycles. The maximum absolute atomic E-state index is 10.4. The lowest BCUT2D eigenvalue weighted by molar-refractivity contribution is 0.122. The number of ether oxygens (including phenoxy) is 1. The van der Waals surface area contributed by atoms with Gasteiger partial charge in [-0.15, -0.1) is 15.3 Å². The van der Waals surface area contributed by atoms with E-state index in [-0.39, 0.29) is 5.75 Å². The Morgan fingerprint density at radius 1 is 0.818 bits per heavy atom. The molecule has 164 valence electrons. The summed E-state index contributed by atoms with van der Waals surface area (Å²) >= 11 is 0. The van der Waals surface area contributed by atoms with Gasteiger partial charge in [0.25, 0.3) is 0 Å². The number of hydrogen-bond acceptors (Lipinski definition) is 7. The summed E-state index contributed by atoms with van der Waals surface area (Å²) in [6.45, 7) is 3.32. The van der Waals surface area contributed by atoms with Gasteiger partial charge in [-0.25, -0.2) is 0 Å². The highest BCUT2D eigenvalue weighted by Gasteiger charge is 2.17. The molecule has 8 heteroatoms. The molecule has 0 aliphatic carbocycles. The van der Waals surface area contributed by atoms with Gasteiger partial charge in [0.15, 0.2) is 17.3 Å². The normalized spacial score (nSPS) is 14.1. The van der Waals surface area contributed by atoms with Crippen molar-refractivity contribution in [3.05, 3.63) is 72.8 Å². The van der Waals surface area contributed by atoms with Crippen molar-refractivity contribution in [3.8, 4) is 17.1 Å². The molecular weight excluding hydrogens is 416 g/mol. The summed E-state index contributed by atoms with van der Waals surface area (Å²) in [6.07, 6.45) is 0. The van der Waals surface area contributed by atoms with Crippen LogP contribution in [0.25, 0.3) is 27.8 Å². The molecule has 1 aliphatic rings. The van der Waals surface area contributed by atoms with Crippen LogP contribution < -0.4 is 10.2 Å². The fraction of sp³-hybridized carbons (Fsp3) is 0.160. The fourth-order valence-corrected chi connectivity index (χ4v) is 4.22. The molecule has 0 spiro atoms. The molecular formula is C25H22N6O2. The molecule has 0 amide bonds. The Kier molecular flexibility index (Phi) is 4.77. The Morgan fingerprint density at radius 2 is 1.55 bits per heavy atom. The summed E-state index contributed by atoms with van der Waals surface area (Å²) in [5.41, 5.74) is 3.32. The molecule has 2 aromatic heterocycles. The van der Waals surface area contributed by atoms with E-state index in [0.29, 0.717) is 22.9 Å². The minimum Gasteiger partial charge on any atom is -0.507 e. The molecule has 33 heavy (non-hydrogen) atoms. The Balaban J connectivity index is 1.42. The molecule has 1 saturated heterocycles. The summed E-state index contributed by atoms with van der Waals surface area (Å²) < 4.78 is 7.13. The van der Waals surface area contributed by atoms with Crippen LogP contribution in [-0.2, 0) is 4.74 Å². The van der Waals surface area contributed by atoms with Gasteiger partial charge in [0.05, 0.1) is 18.8 Å². The highest BCUT2D eigenvalue weighted by atomic mass is 16.5. The van der Waals surface area contributed by atoms with Gasteiger partial charge in [-0.2, -0.15) is 4.52 Å². The van der Waals surface area contributed by atoms with Crippen molar-refractivity contribution in [2.45, 2.75) is 0 Å². The first-order valence-corrected chi connectivity index (χ1v) is 10.9. The van der Waals surface area contributed by atoms with E-state index in [2.05, 4.69) is 44.7 Å². The molecule has 1 aliphatic heterocycles. The number of morpholine rings is 1. The Hall–Kier alpha value is -4.17. The molecule has 3 aromatic carbocycles. The number of fused-ring (bicyclic) bond motifs is 3. The van der Waals surface area contributed by atoms with Crippen molar-refractivity contribution in [2.24, 2.45) is 0 Å². The van der Waals surface area contributed by atoms with Crippen LogP contribution in [0, 0.1) is 0 Å². The summed E-state index contributed by atoms with van der Waals surface area (Å²) in [5.74, 6) is 1.31. The Morgan fingerprint density at radius 3 is 2.33 bits per heavy atom. The molecule has 0 radical (unpaired) electrons. The van der Waals surface area contributed by atoms with Gasteiger partial charge < -0.3 is 20.1 Å². The zero-order valence-electron chi connectivity index (χ0n) is 17.8. The summed E-state index contributed by atoms with van der Waals surface area (Å²) in [7, 11) is 0. The lowest BCUT2D eigenvalue weighted by Gasteiger charge is -2.28. The number of anilines is 3. The van der Waals surface area contributed by atoms with E-state index in [0.717, 1.165) is 42.8 Å². The molecule has 3 heterocycles. The van der Waals surface area contributed by atoms with Crippen LogP contribution in [0.5, 0.6) is 5.75 Å². The zero-order valence-corrected chi connectivity index (χ0v) is 17.8. The lowest BCUT2D eigenvalue weighted by Crippen LogP contribution is -2.36. The van der Waals surface area contributed by atoms with E-state index in [9.17, 15) is 5.11 Å². The Labute approximate surface area is 190 Å². The van der Waals surface area contributed by atoms with E-state index in [1.807, 2.05) is 30.3 Å². The monoisotopic (exact) mass is 438 g/mol. The average Bonchev–Trinajstić information content (AvgIpc) is 3.29. The van der Waals surface area contributed by atoms with Gasteiger partial charge in [0, 0.05) is 35.2 Å². The molecule has 8 nitrogen and oxygen atoms in total. The van der Waals surface area contributed by atoms with Crippen LogP contribution in [0.4, 0.5) is 17.2 Å². The predicted molar refractivity (Wildman–Crippen MR) is 128 cm³/mol. The van der Waals surface area contributed by atoms with E-state index < -0.39 is 0 Å². The predicted octanol–water partition coefficient (Wildman–Crippen LogP) is 4.23. The smallest absolute Gasteiger partial charge is 0.189 e. The quantitative estimate of drug-likeness (QED) is 0.434. The molecule has 0 atom stereocenters. The van der Waals surface area contributed by atoms with E-state index in [1.54, 1.807) is 22.7 Å². The third kappa shape index (κ3) is 3.50. The third-order valence-corrected chi connectivity index (χ3v) is 5.92. The van der Waals surface area contributed by atoms with Crippen molar-refractivity contribution in [1.82, 2.24) is 19.8 Å². The fourth-order valence-electron chi connectivity index (χ4n) is 4.22. The molecule has 0 bridgehead atoms. The molecule has 5 aromatic rings. The van der Waals surface area contributed by atoms with Gasteiger partial charge in [-0.3, -0.25) is 0 Å². The molecule has 2 N–H and O–H groups in total. The number of nitrogens with zero attached hydrogens (tertiary/aromatic N) is 5. The van der Waals surface area contributed by atoms with Gasteiger partial charge in [-0.05, 0) is 36.4 Å². The highest BCUT2D eigenvalue weighted by Crippen LogP contribution is 2.32. The van der Waals surface area contributed by atoms with Crippen LogP contribution in [0.1, 0.15) is 0 Å². The van der Waals surface area contributed by atoms with E-state index >= 15 is 0 Å². The van der Waals surface area contributed by atoms with Crippen molar-refractivity contribution in [2.75, 3.05) is 36.5 Å². The van der Waals surface area contributed by atoms with Gasteiger partial charge in [0.2, 0.25) is 0 Å². The number of phenols is 1. The van der Waals surface area contributed by atoms with Crippen LogP contribution >= 0.6 is 0 Å². The topological polar surface area (TPSA) is 87.8 Å². The number of benzene rings is 3. The van der Waals surface area contributed by atoms with Crippen LogP contribution in [0.3, 0.4) is 0 Å². The average molecular weight is 438 g/mol. The molecule has 6 rings (SSSR count). The van der Waals surface area contributed by atoms with Gasteiger partial charge in [-0.1, -0.05) is 36.4 Å². The van der Waals surface area contributed by atoms with Gasteiger partial charge in [0.1, 0.15) is 5.75 Å². The second-order valence-electron chi connectivity index (χ2n) is 7.94. The summed E-state index contributed by atoms with van der Waals surface area (Å²) in [4.78, 5) is 2.32. The number of aromatic nitrogens is 4. The number of hydrogen-bond donors (Lipinski definition) is 2. The van der Waals surface area contributed by atoms with Crippen molar-refractivity contribution in [3.63, 3.8) is 0 Å². The number of para-hydroxylation sites is 1. The summed E-state index contributed by atoms with van der Waals surface area (Å²) in [6, 6.07) is 23.4. The first-order chi connectivity index (χ1) is 16.3. The second-order valence-corrected chi connectivity index (χ2v) is 7.94. The SMILES string of the molecule is Oc1ccccc1-c1nnc2c3ccccc3c(Nc3ccc(N4CCOCC4)cc3)nn12. The second kappa shape index (κ2) is 8.07. The number of phenolic OH excluding ortho intramolecular Hbond substituents is 1. The van der Waals surface area contributed by atoms with Crippen molar-refractivity contribution in [1.29, 1.82) is 0 Å². The molecule has 1 fully saturated rings. The highest BCUT2D eigenvalue weighted by molar-refractivity contribution is 6.01. The summed E-state index contributed by atoms with van der Waals surface area (Å²) in [5, 5.41) is 29.2. The maximum atomic E-state index is 10.4. The van der Waals surface area contributed by atoms with E-state index in [1.165, 1.54) is 5.69 Å². The minimum atomic E-state index is 0.134.